The molecule has 2 fully saturated rings. The van der Waals surface area contributed by atoms with Gasteiger partial charge in [-0.2, -0.15) is 5.10 Å². The second kappa shape index (κ2) is 14.9. The van der Waals surface area contributed by atoms with Gasteiger partial charge in [-0.05, 0) is 57.0 Å². The van der Waals surface area contributed by atoms with Gasteiger partial charge in [0, 0.05) is 49.9 Å². The van der Waals surface area contributed by atoms with Crippen molar-refractivity contribution >= 4 is 67.4 Å². The number of thiophene rings is 1. The van der Waals surface area contributed by atoms with E-state index in [4.69, 9.17) is 32.6 Å². The number of carboxylic acid groups (broad SMARTS) is 2. The topological polar surface area (TPSA) is 197 Å². The Bertz CT molecular complexity index is 1920. The minimum Gasteiger partial charge on any atom is -0.478 e. The summed E-state index contributed by atoms with van der Waals surface area (Å²) in [5, 5.41) is 21.1. The van der Waals surface area contributed by atoms with Gasteiger partial charge in [0.25, 0.3) is 10.0 Å². The molecule has 1 aliphatic heterocycles. The molecule has 0 amide bonds. The number of piperazine rings is 1. The van der Waals surface area contributed by atoms with Crippen molar-refractivity contribution in [2.45, 2.75) is 42.0 Å². The number of hydrogen-bond acceptors (Lipinski definition) is 11. The second-order valence-electron chi connectivity index (χ2n) is 11.4. The molecule has 0 atom stereocenters. The SMILES string of the molecule is CN1CCN(C2CCC(n3nc(-c4ccc(NS(=O)(=O)c5ccc(Cl)s5)c(F)c4)c4c(N)ncnc43)CC2)CC1.O=C(O)/C=C\C(=O)O. The zero-order valence-electron chi connectivity index (χ0n) is 25.8. The van der Waals surface area contributed by atoms with Gasteiger partial charge < -0.3 is 20.8 Å². The highest BCUT2D eigenvalue weighted by Gasteiger charge is 2.31. The van der Waals surface area contributed by atoms with Gasteiger partial charge in [0.2, 0.25) is 0 Å². The van der Waals surface area contributed by atoms with E-state index >= 15 is 4.39 Å². The molecule has 4 heterocycles. The van der Waals surface area contributed by atoms with Crippen molar-refractivity contribution in [3.8, 4) is 11.3 Å². The Hall–Kier alpha value is -4.16. The van der Waals surface area contributed by atoms with Gasteiger partial charge in [-0.3, -0.25) is 9.62 Å². The van der Waals surface area contributed by atoms with Crippen LogP contribution in [0.2, 0.25) is 4.34 Å². The number of carbonyl (C=O) groups is 2. The quantitative estimate of drug-likeness (QED) is 0.190. The van der Waals surface area contributed by atoms with Gasteiger partial charge in [0.15, 0.2) is 5.65 Å². The molecular formula is C30H34ClFN8O6S2. The Morgan fingerprint density at radius 1 is 1.02 bits per heavy atom. The van der Waals surface area contributed by atoms with E-state index in [2.05, 4.69) is 31.5 Å². The zero-order valence-corrected chi connectivity index (χ0v) is 28.2. The third kappa shape index (κ3) is 8.27. The highest BCUT2D eigenvalue weighted by Crippen LogP contribution is 2.38. The lowest BCUT2D eigenvalue weighted by Crippen LogP contribution is -2.49. The summed E-state index contributed by atoms with van der Waals surface area (Å²) in [6, 6.07) is 7.82. The molecule has 5 N–H and O–H groups in total. The molecule has 1 aliphatic carbocycles. The Labute approximate surface area is 284 Å². The molecule has 48 heavy (non-hydrogen) atoms. The Kier molecular flexibility index (Phi) is 10.9. The number of rotatable bonds is 8. The number of anilines is 2. The van der Waals surface area contributed by atoms with E-state index < -0.39 is 27.8 Å². The van der Waals surface area contributed by atoms with Crippen LogP contribution in [0.3, 0.4) is 0 Å². The van der Waals surface area contributed by atoms with Crippen LogP contribution in [0.25, 0.3) is 22.3 Å². The molecule has 3 aromatic heterocycles. The lowest BCUT2D eigenvalue weighted by Gasteiger charge is -2.41. The third-order valence-corrected chi connectivity index (χ3v) is 11.3. The molecule has 4 aromatic rings. The Balaban J connectivity index is 0.000000503. The fourth-order valence-electron chi connectivity index (χ4n) is 5.83. The molecule has 0 spiro atoms. The number of carboxylic acids is 2. The number of benzene rings is 1. The van der Waals surface area contributed by atoms with E-state index in [1.807, 2.05) is 4.68 Å². The second-order valence-corrected chi connectivity index (χ2v) is 15.0. The molecule has 1 saturated heterocycles. The first kappa shape index (κ1) is 35.2. The van der Waals surface area contributed by atoms with E-state index in [-0.39, 0.29) is 21.8 Å². The first-order valence-corrected chi connectivity index (χ1v) is 17.6. The number of aliphatic carboxylic acids is 2. The van der Waals surface area contributed by atoms with E-state index in [0.717, 1.165) is 63.2 Å². The first-order valence-electron chi connectivity index (χ1n) is 15.0. The number of nitrogens with zero attached hydrogens (tertiary/aromatic N) is 6. The molecule has 0 radical (unpaired) electrons. The van der Waals surface area contributed by atoms with Crippen molar-refractivity contribution in [3.63, 3.8) is 0 Å². The molecule has 256 valence electrons. The molecule has 6 rings (SSSR count). The highest BCUT2D eigenvalue weighted by atomic mass is 35.5. The van der Waals surface area contributed by atoms with Crippen LogP contribution in [0.5, 0.6) is 0 Å². The van der Waals surface area contributed by atoms with Gasteiger partial charge in [-0.25, -0.2) is 37.0 Å². The van der Waals surface area contributed by atoms with Crippen LogP contribution in [0.1, 0.15) is 31.7 Å². The van der Waals surface area contributed by atoms with Crippen molar-refractivity contribution < 1.29 is 32.6 Å². The Morgan fingerprint density at radius 2 is 1.67 bits per heavy atom. The minimum atomic E-state index is -3.98. The van der Waals surface area contributed by atoms with Crippen molar-refractivity contribution in [1.29, 1.82) is 0 Å². The fraction of sp³-hybridized carbons (Fsp3) is 0.367. The van der Waals surface area contributed by atoms with Gasteiger partial charge in [0.1, 0.15) is 27.9 Å². The number of fused-ring (bicyclic) bond motifs is 1. The zero-order chi connectivity index (χ0) is 34.6. The van der Waals surface area contributed by atoms with Crippen LogP contribution in [-0.2, 0) is 19.6 Å². The van der Waals surface area contributed by atoms with Gasteiger partial charge >= 0.3 is 11.9 Å². The molecule has 0 bridgehead atoms. The van der Waals surface area contributed by atoms with E-state index in [0.29, 0.717) is 44.8 Å². The number of nitrogens with two attached hydrogens (primary N) is 1. The summed E-state index contributed by atoms with van der Waals surface area (Å²) in [6.45, 7) is 4.40. The molecule has 2 aliphatic rings. The molecule has 18 heteroatoms. The summed E-state index contributed by atoms with van der Waals surface area (Å²) in [5.74, 6) is -2.99. The number of sulfonamides is 1. The summed E-state index contributed by atoms with van der Waals surface area (Å²) in [4.78, 5) is 32.7. The average Bonchev–Trinajstić information content (AvgIpc) is 3.67. The lowest BCUT2D eigenvalue weighted by molar-refractivity contribution is -0.134. The normalized spacial score (nSPS) is 19.2. The molecule has 0 unspecified atom stereocenters. The monoisotopic (exact) mass is 720 g/mol. The van der Waals surface area contributed by atoms with Crippen molar-refractivity contribution in [1.82, 2.24) is 29.5 Å². The Morgan fingerprint density at radius 3 is 2.25 bits per heavy atom. The predicted octanol–water partition coefficient (Wildman–Crippen LogP) is 4.17. The molecule has 1 aromatic carbocycles. The van der Waals surface area contributed by atoms with Crippen molar-refractivity contribution in [3.05, 3.63) is 59.0 Å². The van der Waals surface area contributed by atoms with Crippen LogP contribution in [0.15, 0.2) is 53.0 Å². The maximum atomic E-state index is 15.2. The van der Waals surface area contributed by atoms with Gasteiger partial charge in [0.05, 0.1) is 21.5 Å². The standard InChI is InChI=1S/C26H30ClFN8O2S2.C4H4O4/c1-34-10-12-35(13-11-34)17-3-5-18(6-4-17)36-26-23(25(29)30-15-31-26)24(32-36)16-2-7-20(19(28)14-16)33-40(37,38)22-9-8-21(27)39-22;5-3(6)1-2-4(7)8/h2,7-9,14-15,17-18,33H,3-6,10-13H2,1H3,(H2,29,30,31);1-2H,(H,5,6)(H,7,8)/b;2-1-. The molecule has 14 nitrogen and oxygen atoms in total. The van der Waals surface area contributed by atoms with Crippen molar-refractivity contribution in [2.24, 2.45) is 0 Å². The molecular weight excluding hydrogens is 687 g/mol. The average molecular weight is 721 g/mol. The van der Waals surface area contributed by atoms with E-state index in [1.54, 1.807) is 6.07 Å². The number of halogens is 2. The largest absolute Gasteiger partial charge is 0.478 e. The van der Waals surface area contributed by atoms with Crippen molar-refractivity contribution in [2.75, 3.05) is 43.7 Å². The van der Waals surface area contributed by atoms with E-state index in [1.165, 1.54) is 30.6 Å². The lowest BCUT2D eigenvalue weighted by atomic mass is 9.90. The van der Waals surface area contributed by atoms with Gasteiger partial charge in [-0.15, -0.1) is 11.3 Å². The van der Waals surface area contributed by atoms with Crippen LogP contribution >= 0.6 is 22.9 Å². The molecule has 1 saturated carbocycles. The summed E-state index contributed by atoms with van der Waals surface area (Å²) < 4.78 is 45.1. The van der Waals surface area contributed by atoms with E-state index in [9.17, 15) is 18.0 Å². The maximum absolute atomic E-state index is 15.2. The number of nitrogen functional groups attached to an aromatic ring is 1. The predicted molar refractivity (Wildman–Crippen MR) is 180 cm³/mol. The van der Waals surface area contributed by atoms with Crippen LogP contribution < -0.4 is 10.5 Å². The van der Waals surface area contributed by atoms with Crippen LogP contribution in [0, 0.1) is 5.82 Å². The number of likely N-dealkylation sites (N-methyl/N-ethyl adjacent to an activating group) is 1. The number of nitrogens with one attached hydrogen (secondary N) is 1. The van der Waals surface area contributed by atoms with Crippen LogP contribution in [-0.4, -0.2) is 99.4 Å². The number of hydrogen-bond donors (Lipinski definition) is 4. The maximum Gasteiger partial charge on any atom is 0.328 e. The summed E-state index contributed by atoms with van der Waals surface area (Å²) in [6.07, 6.45) is 6.60. The van der Waals surface area contributed by atoms with Crippen LogP contribution in [0.4, 0.5) is 15.9 Å². The first-order chi connectivity index (χ1) is 22.8. The third-order valence-electron chi connectivity index (χ3n) is 8.25. The number of aromatic nitrogens is 4. The highest BCUT2D eigenvalue weighted by molar-refractivity contribution is 7.94. The smallest absolute Gasteiger partial charge is 0.328 e. The summed E-state index contributed by atoms with van der Waals surface area (Å²) >= 11 is 6.77. The minimum absolute atomic E-state index is 0.00187. The summed E-state index contributed by atoms with van der Waals surface area (Å²) in [7, 11) is -1.81. The van der Waals surface area contributed by atoms with Gasteiger partial charge in [-0.1, -0.05) is 17.7 Å². The summed E-state index contributed by atoms with van der Waals surface area (Å²) in [5.41, 5.74) is 7.63. The fourth-order valence-corrected chi connectivity index (χ4v) is 8.38.